The molecule has 1 aromatic carbocycles. The van der Waals surface area contributed by atoms with Gasteiger partial charge in [0.25, 0.3) is 11.6 Å². The van der Waals surface area contributed by atoms with Gasteiger partial charge in [-0.05, 0) is 31.4 Å². The Morgan fingerprint density at radius 2 is 2.05 bits per heavy atom. The normalized spacial score (nSPS) is 12.2. The second-order valence-electron chi connectivity index (χ2n) is 5.04. The van der Waals surface area contributed by atoms with E-state index >= 15 is 0 Å². The number of carbonyl (C=O) groups excluding carboxylic acids is 1. The number of carbonyl (C=O) groups is 1. The summed E-state index contributed by atoms with van der Waals surface area (Å²) in [5, 5.41) is 13.6. The molecule has 19 heavy (non-hydrogen) atoms. The molecule has 0 aliphatic heterocycles. The van der Waals surface area contributed by atoms with Gasteiger partial charge in [0.2, 0.25) is 0 Å². The van der Waals surface area contributed by atoms with Crippen LogP contribution in [0, 0.1) is 16.0 Å². The number of nitrogens with zero attached hydrogens (tertiary/aromatic N) is 1. The highest BCUT2D eigenvalue weighted by atomic mass is 16.6. The highest BCUT2D eigenvalue weighted by Gasteiger charge is 2.21. The zero-order valence-corrected chi connectivity index (χ0v) is 11.3. The molecule has 0 bridgehead atoms. The van der Waals surface area contributed by atoms with Crippen molar-refractivity contribution in [2.45, 2.75) is 33.2 Å². The number of nitrogens with one attached hydrogen (secondary N) is 1. The molecule has 0 aliphatic rings. The fraction of sp³-hybridized carbons (Fsp3) is 0.462. The number of nitrogen functional groups attached to an aromatic ring is 1. The largest absolute Gasteiger partial charge is 0.399 e. The topological polar surface area (TPSA) is 98.3 Å². The van der Waals surface area contributed by atoms with Crippen LogP contribution in [0.4, 0.5) is 11.4 Å². The fourth-order valence-corrected chi connectivity index (χ4v) is 1.96. The molecule has 0 spiro atoms. The summed E-state index contributed by atoms with van der Waals surface area (Å²) < 4.78 is 0. The first-order chi connectivity index (χ1) is 8.81. The molecule has 0 heterocycles. The van der Waals surface area contributed by atoms with Crippen molar-refractivity contribution in [3.63, 3.8) is 0 Å². The summed E-state index contributed by atoms with van der Waals surface area (Å²) in [6, 6.07) is 3.94. The summed E-state index contributed by atoms with van der Waals surface area (Å²) in [6.07, 6.45) is 0.807. The number of nitrogens with two attached hydrogens (primary N) is 1. The van der Waals surface area contributed by atoms with Crippen LogP contribution in [0.25, 0.3) is 0 Å². The van der Waals surface area contributed by atoms with E-state index in [-0.39, 0.29) is 17.3 Å². The minimum atomic E-state index is -0.582. The molecule has 1 atom stereocenters. The molecular weight excluding hydrogens is 246 g/mol. The third kappa shape index (κ3) is 4.24. The van der Waals surface area contributed by atoms with E-state index in [1.54, 1.807) is 0 Å². The van der Waals surface area contributed by atoms with E-state index in [1.165, 1.54) is 18.2 Å². The number of hydrogen-bond donors (Lipinski definition) is 2. The SMILES string of the molecule is CC(C)CC(C)NC(=O)c1cc(N)ccc1[N+](=O)[O-]. The molecular formula is C13H19N3O3. The van der Waals surface area contributed by atoms with Crippen molar-refractivity contribution in [3.8, 4) is 0 Å². The van der Waals surface area contributed by atoms with Gasteiger partial charge in [-0.2, -0.15) is 0 Å². The maximum absolute atomic E-state index is 12.0. The fourth-order valence-electron chi connectivity index (χ4n) is 1.96. The number of nitro groups is 1. The first kappa shape index (κ1) is 14.9. The Labute approximate surface area is 112 Å². The van der Waals surface area contributed by atoms with Crippen LogP contribution in [-0.2, 0) is 0 Å². The van der Waals surface area contributed by atoms with Crippen molar-refractivity contribution in [2.24, 2.45) is 5.92 Å². The predicted octanol–water partition coefficient (Wildman–Crippen LogP) is 2.34. The number of amides is 1. The maximum atomic E-state index is 12.0. The molecule has 1 rings (SSSR count). The minimum absolute atomic E-state index is 0.000561. The molecule has 0 saturated heterocycles. The molecule has 6 heteroatoms. The second kappa shape index (κ2) is 6.17. The highest BCUT2D eigenvalue weighted by Crippen LogP contribution is 2.21. The molecule has 0 saturated carbocycles. The van der Waals surface area contributed by atoms with Gasteiger partial charge in [0.05, 0.1) is 4.92 Å². The van der Waals surface area contributed by atoms with Crippen LogP contribution in [-0.4, -0.2) is 16.9 Å². The van der Waals surface area contributed by atoms with Gasteiger partial charge in [-0.25, -0.2) is 0 Å². The average molecular weight is 265 g/mol. The second-order valence-corrected chi connectivity index (χ2v) is 5.04. The lowest BCUT2D eigenvalue weighted by molar-refractivity contribution is -0.385. The summed E-state index contributed by atoms with van der Waals surface area (Å²) in [7, 11) is 0. The first-order valence-corrected chi connectivity index (χ1v) is 6.16. The van der Waals surface area contributed by atoms with Gasteiger partial charge in [0.1, 0.15) is 5.56 Å². The van der Waals surface area contributed by atoms with Crippen molar-refractivity contribution in [2.75, 3.05) is 5.73 Å². The zero-order valence-electron chi connectivity index (χ0n) is 11.3. The number of hydrogen-bond acceptors (Lipinski definition) is 4. The van der Waals surface area contributed by atoms with Crippen LogP contribution < -0.4 is 11.1 Å². The van der Waals surface area contributed by atoms with Crippen LogP contribution in [0.2, 0.25) is 0 Å². The third-order valence-corrected chi connectivity index (χ3v) is 2.66. The molecule has 3 N–H and O–H groups in total. The average Bonchev–Trinajstić information content (AvgIpc) is 2.26. The summed E-state index contributed by atoms with van der Waals surface area (Å²) >= 11 is 0. The van der Waals surface area contributed by atoms with Gasteiger partial charge in [-0.1, -0.05) is 13.8 Å². The highest BCUT2D eigenvalue weighted by molar-refractivity contribution is 5.99. The Morgan fingerprint density at radius 3 is 2.58 bits per heavy atom. The number of benzene rings is 1. The van der Waals surface area contributed by atoms with E-state index in [0.717, 1.165) is 6.42 Å². The van der Waals surface area contributed by atoms with Gasteiger partial charge < -0.3 is 11.1 Å². The van der Waals surface area contributed by atoms with Gasteiger partial charge in [-0.3, -0.25) is 14.9 Å². The number of anilines is 1. The molecule has 6 nitrogen and oxygen atoms in total. The predicted molar refractivity (Wildman–Crippen MR) is 73.9 cm³/mol. The summed E-state index contributed by atoms with van der Waals surface area (Å²) in [5.74, 6) is -0.0294. The van der Waals surface area contributed by atoms with Crippen LogP contribution in [0.1, 0.15) is 37.6 Å². The van der Waals surface area contributed by atoms with Crippen LogP contribution in [0.5, 0.6) is 0 Å². The lowest BCUT2D eigenvalue weighted by Crippen LogP contribution is -2.33. The van der Waals surface area contributed by atoms with Crippen molar-refractivity contribution < 1.29 is 9.72 Å². The van der Waals surface area contributed by atoms with E-state index < -0.39 is 10.8 Å². The molecule has 0 radical (unpaired) electrons. The van der Waals surface area contributed by atoms with Crippen molar-refractivity contribution in [3.05, 3.63) is 33.9 Å². The molecule has 104 valence electrons. The van der Waals surface area contributed by atoms with Crippen LogP contribution in [0.15, 0.2) is 18.2 Å². The molecule has 0 aromatic heterocycles. The Bertz CT molecular complexity index is 486. The van der Waals surface area contributed by atoms with E-state index in [4.69, 9.17) is 5.73 Å². The minimum Gasteiger partial charge on any atom is -0.399 e. The zero-order chi connectivity index (χ0) is 14.6. The lowest BCUT2D eigenvalue weighted by Gasteiger charge is -2.16. The lowest BCUT2D eigenvalue weighted by atomic mass is 10.0. The Balaban J connectivity index is 2.92. The van der Waals surface area contributed by atoms with Crippen molar-refractivity contribution in [1.82, 2.24) is 5.32 Å². The molecule has 0 aliphatic carbocycles. The standard InChI is InChI=1S/C13H19N3O3/c1-8(2)6-9(3)15-13(17)11-7-10(14)4-5-12(11)16(18)19/h4-5,7-9H,6,14H2,1-3H3,(H,15,17). The van der Waals surface area contributed by atoms with E-state index in [0.29, 0.717) is 11.6 Å². The van der Waals surface area contributed by atoms with Crippen molar-refractivity contribution in [1.29, 1.82) is 0 Å². The van der Waals surface area contributed by atoms with E-state index in [1.807, 2.05) is 20.8 Å². The van der Waals surface area contributed by atoms with Gasteiger partial charge in [-0.15, -0.1) is 0 Å². The smallest absolute Gasteiger partial charge is 0.282 e. The first-order valence-electron chi connectivity index (χ1n) is 6.16. The quantitative estimate of drug-likeness (QED) is 0.485. The molecule has 1 aromatic rings. The third-order valence-electron chi connectivity index (χ3n) is 2.66. The Morgan fingerprint density at radius 1 is 1.42 bits per heavy atom. The van der Waals surface area contributed by atoms with Crippen molar-refractivity contribution >= 4 is 17.3 Å². The van der Waals surface area contributed by atoms with E-state index in [9.17, 15) is 14.9 Å². The molecule has 1 unspecified atom stereocenters. The van der Waals surface area contributed by atoms with Gasteiger partial charge in [0.15, 0.2) is 0 Å². The van der Waals surface area contributed by atoms with Gasteiger partial charge in [0, 0.05) is 17.8 Å². The van der Waals surface area contributed by atoms with Crippen LogP contribution >= 0.6 is 0 Å². The Kier molecular flexibility index (Phi) is 4.86. The van der Waals surface area contributed by atoms with Gasteiger partial charge >= 0.3 is 0 Å². The Hall–Kier alpha value is -2.11. The van der Waals surface area contributed by atoms with E-state index in [2.05, 4.69) is 5.32 Å². The summed E-state index contributed by atoms with van der Waals surface area (Å²) in [5.41, 5.74) is 5.67. The number of nitro benzene ring substituents is 1. The van der Waals surface area contributed by atoms with Crippen LogP contribution in [0.3, 0.4) is 0 Å². The monoisotopic (exact) mass is 265 g/mol. The maximum Gasteiger partial charge on any atom is 0.282 e. The summed E-state index contributed by atoms with van der Waals surface area (Å²) in [6.45, 7) is 5.97. The number of rotatable bonds is 5. The molecule has 1 amide bonds. The summed E-state index contributed by atoms with van der Waals surface area (Å²) in [4.78, 5) is 22.3. The molecule has 0 fully saturated rings.